The Labute approximate surface area is 118 Å². The largest absolute Gasteiger partial charge is 0.384 e. The van der Waals surface area contributed by atoms with E-state index in [1.165, 1.54) is 25.0 Å². The third-order valence-corrected chi connectivity index (χ3v) is 3.48. The van der Waals surface area contributed by atoms with E-state index in [2.05, 4.69) is 22.1 Å². The first-order valence-corrected chi connectivity index (χ1v) is 6.93. The number of nitrogens with zero attached hydrogens (tertiary/aromatic N) is 3. The van der Waals surface area contributed by atoms with E-state index in [9.17, 15) is 10.1 Å². The molecule has 1 atom stereocenters. The van der Waals surface area contributed by atoms with Gasteiger partial charge >= 0.3 is 5.69 Å². The normalized spacial score (nSPS) is 17.1. The Kier molecular flexibility index (Phi) is 4.73. The van der Waals surface area contributed by atoms with Crippen LogP contribution in [0.5, 0.6) is 0 Å². The number of nitrogen functional groups attached to an aromatic ring is 1. The summed E-state index contributed by atoms with van der Waals surface area (Å²) in [6.07, 6.45) is 2.53. The second-order valence-corrected chi connectivity index (χ2v) is 5.35. The fraction of sp³-hybridized carbons (Fsp3) is 0.615. The van der Waals surface area contributed by atoms with E-state index in [0.717, 1.165) is 19.6 Å². The molecular formula is C13H21N5O2. The number of rotatable bonds is 6. The summed E-state index contributed by atoms with van der Waals surface area (Å²) in [5.74, 6) is 0.935. The summed E-state index contributed by atoms with van der Waals surface area (Å²) in [5.41, 5.74) is 5.55. The summed E-state index contributed by atoms with van der Waals surface area (Å²) in [4.78, 5) is 16.9. The van der Waals surface area contributed by atoms with E-state index in [0.29, 0.717) is 12.5 Å². The smallest absolute Gasteiger partial charge is 0.311 e. The SMILES string of the molecule is CC(CNc1nc(N)ccc1[N+](=O)[O-])CN1CCCC1. The van der Waals surface area contributed by atoms with Gasteiger partial charge in [0.25, 0.3) is 0 Å². The van der Waals surface area contributed by atoms with Crippen LogP contribution in [0.3, 0.4) is 0 Å². The Morgan fingerprint density at radius 3 is 2.85 bits per heavy atom. The molecule has 110 valence electrons. The van der Waals surface area contributed by atoms with Crippen LogP contribution in [0.15, 0.2) is 12.1 Å². The first-order valence-electron chi connectivity index (χ1n) is 6.93. The molecule has 3 N–H and O–H groups in total. The highest BCUT2D eigenvalue weighted by Crippen LogP contribution is 2.23. The van der Waals surface area contributed by atoms with Gasteiger partial charge in [-0.15, -0.1) is 0 Å². The number of nitro groups is 1. The van der Waals surface area contributed by atoms with Gasteiger partial charge in [-0.1, -0.05) is 6.92 Å². The number of hydrogen-bond donors (Lipinski definition) is 2. The van der Waals surface area contributed by atoms with Gasteiger partial charge in [0.1, 0.15) is 5.82 Å². The highest BCUT2D eigenvalue weighted by molar-refractivity contribution is 5.59. The Bertz CT molecular complexity index is 474. The average Bonchev–Trinajstić information content (AvgIpc) is 2.89. The van der Waals surface area contributed by atoms with Crippen LogP contribution in [0.4, 0.5) is 17.3 Å². The molecule has 1 aromatic heterocycles. The third-order valence-electron chi connectivity index (χ3n) is 3.48. The fourth-order valence-electron chi connectivity index (χ4n) is 2.49. The van der Waals surface area contributed by atoms with Gasteiger partial charge in [0.15, 0.2) is 0 Å². The average molecular weight is 279 g/mol. The number of pyridine rings is 1. The van der Waals surface area contributed by atoms with Gasteiger partial charge in [-0.05, 0) is 37.9 Å². The van der Waals surface area contributed by atoms with Crippen LogP contribution in [-0.4, -0.2) is 41.0 Å². The first kappa shape index (κ1) is 14.5. The lowest BCUT2D eigenvalue weighted by Gasteiger charge is -2.20. The van der Waals surface area contributed by atoms with Crippen molar-refractivity contribution in [2.75, 3.05) is 37.2 Å². The molecule has 0 aliphatic carbocycles. The lowest BCUT2D eigenvalue weighted by atomic mass is 10.1. The molecule has 7 nitrogen and oxygen atoms in total. The second kappa shape index (κ2) is 6.51. The molecule has 0 aromatic carbocycles. The third kappa shape index (κ3) is 3.80. The van der Waals surface area contributed by atoms with Crippen molar-refractivity contribution >= 4 is 17.3 Å². The molecule has 2 heterocycles. The molecule has 1 saturated heterocycles. The molecule has 7 heteroatoms. The van der Waals surface area contributed by atoms with Crippen molar-refractivity contribution in [3.05, 3.63) is 22.2 Å². The summed E-state index contributed by atoms with van der Waals surface area (Å²) in [6, 6.07) is 2.83. The van der Waals surface area contributed by atoms with Gasteiger partial charge in [-0.25, -0.2) is 4.98 Å². The summed E-state index contributed by atoms with van der Waals surface area (Å²) >= 11 is 0. The lowest BCUT2D eigenvalue weighted by Crippen LogP contribution is -2.29. The van der Waals surface area contributed by atoms with E-state index < -0.39 is 4.92 Å². The Morgan fingerprint density at radius 1 is 1.50 bits per heavy atom. The van der Waals surface area contributed by atoms with Crippen LogP contribution in [0.25, 0.3) is 0 Å². The number of aromatic nitrogens is 1. The summed E-state index contributed by atoms with van der Waals surface area (Å²) in [6.45, 7) is 6.09. The van der Waals surface area contributed by atoms with Gasteiger partial charge in [0.2, 0.25) is 5.82 Å². The highest BCUT2D eigenvalue weighted by Gasteiger charge is 2.18. The Balaban J connectivity index is 1.92. The summed E-state index contributed by atoms with van der Waals surface area (Å²) in [7, 11) is 0. The molecule has 1 aliphatic heterocycles. The van der Waals surface area contributed by atoms with Crippen molar-refractivity contribution in [3.8, 4) is 0 Å². The van der Waals surface area contributed by atoms with Crippen LogP contribution < -0.4 is 11.1 Å². The first-order chi connectivity index (χ1) is 9.56. The standard InChI is InChI=1S/C13H21N5O2/c1-10(9-17-6-2-3-7-17)8-15-13-11(18(19)20)4-5-12(14)16-13/h4-5,10H,2-3,6-9H2,1H3,(H3,14,15,16). The molecule has 1 aliphatic rings. The van der Waals surface area contributed by atoms with Gasteiger partial charge < -0.3 is 16.0 Å². The molecule has 1 unspecified atom stereocenters. The van der Waals surface area contributed by atoms with Gasteiger partial charge in [0, 0.05) is 19.2 Å². The van der Waals surface area contributed by atoms with Crippen molar-refractivity contribution in [2.24, 2.45) is 5.92 Å². The second-order valence-electron chi connectivity index (χ2n) is 5.35. The minimum absolute atomic E-state index is 0.0347. The number of hydrogen-bond acceptors (Lipinski definition) is 6. The van der Waals surface area contributed by atoms with Crippen molar-refractivity contribution in [2.45, 2.75) is 19.8 Å². The molecule has 0 bridgehead atoms. The predicted molar refractivity (Wildman–Crippen MR) is 78.6 cm³/mol. The highest BCUT2D eigenvalue weighted by atomic mass is 16.6. The number of anilines is 2. The van der Waals surface area contributed by atoms with Crippen LogP contribution in [-0.2, 0) is 0 Å². The molecule has 1 fully saturated rings. The molecule has 0 saturated carbocycles. The monoisotopic (exact) mass is 279 g/mol. The minimum Gasteiger partial charge on any atom is -0.384 e. The lowest BCUT2D eigenvalue weighted by molar-refractivity contribution is -0.384. The molecular weight excluding hydrogens is 258 g/mol. The van der Waals surface area contributed by atoms with E-state index in [1.807, 2.05) is 0 Å². The fourth-order valence-corrected chi connectivity index (χ4v) is 2.49. The topological polar surface area (TPSA) is 97.3 Å². The number of nitrogens with one attached hydrogen (secondary N) is 1. The van der Waals surface area contributed by atoms with E-state index in [1.54, 1.807) is 0 Å². The van der Waals surface area contributed by atoms with Crippen LogP contribution in [0.2, 0.25) is 0 Å². The minimum atomic E-state index is -0.445. The number of likely N-dealkylation sites (tertiary alicyclic amines) is 1. The van der Waals surface area contributed by atoms with Crippen molar-refractivity contribution in [1.82, 2.24) is 9.88 Å². The molecule has 1 aromatic rings. The maximum absolute atomic E-state index is 10.9. The van der Waals surface area contributed by atoms with E-state index in [4.69, 9.17) is 5.73 Å². The number of nitrogens with two attached hydrogens (primary N) is 1. The van der Waals surface area contributed by atoms with Gasteiger partial charge in [-0.3, -0.25) is 10.1 Å². The molecule has 20 heavy (non-hydrogen) atoms. The zero-order valence-corrected chi connectivity index (χ0v) is 11.7. The van der Waals surface area contributed by atoms with E-state index >= 15 is 0 Å². The van der Waals surface area contributed by atoms with Crippen LogP contribution in [0.1, 0.15) is 19.8 Å². The molecule has 2 rings (SSSR count). The van der Waals surface area contributed by atoms with Crippen molar-refractivity contribution in [1.29, 1.82) is 0 Å². The van der Waals surface area contributed by atoms with Gasteiger partial charge in [-0.2, -0.15) is 0 Å². The quantitative estimate of drug-likeness (QED) is 0.608. The molecule has 0 spiro atoms. The van der Waals surface area contributed by atoms with Gasteiger partial charge in [0.05, 0.1) is 4.92 Å². The maximum atomic E-state index is 10.9. The zero-order valence-electron chi connectivity index (χ0n) is 11.7. The van der Waals surface area contributed by atoms with Crippen molar-refractivity contribution in [3.63, 3.8) is 0 Å². The predicted octanol–water partition coefficient (Wildman–Crippen LogP) is 1.72. The Hall–Kier alpha value is -1.89. The summed E-state index contributed by atoms with van der Waals surface area (Å²) < 4.78 is 0. The Morgan fingerprint density at radius 2 is 2.20 bits per heavy atom. The maximum Gasteiger partial charge on any atom is 0.311 e. The van der Waals surface area contributed by atoms with Crippen LogP contribution >= 0.6 is 0 Å². The van der Waals surface area contributed by atoms with Crippen LogP contribution in [0, 0.1) is 16.0 Å². The zero-order chi connectivity index (χ0) is 14.5. The molecule has 0 amide bonds. The van der Waals surface area contributed by atoms with E-state index in [-0.39, 0.29) is 17.3 Å². The van der Waals surface area contributed by atoms with Crippen molar-refractivity contribution < 1.29 is 4.92 Å². The summed E-state index contributed by atoms with van der Waals surface area (Å²) in [5, 5.41) is 14.0. The molecule has 0 radical (unpaired) electrons.